The van der Waals surface area contributed by atoms with E-state index in [0.29, 0.717) is 10.4 Å². The second-order valence-corrected chi connectivity index (χ2v) is 4.68. The first-order valence-corrected chi connectivity index (χ1v) is 5.29. The van der Waals surface area contributed by atoms with E-state index in [1.807, 2.05) is 6.92 Å². The topological polar surface area (TPSA) is 34.1 Å². The lowest BCUT2D eigenvalue weighted by Gasteiger charge is -1.91. The molecule has 0 saturated carbocycles. The summed E-state index contributed by atoms with van der Waals surface area (Å²) in [6, 6.07) is 1.63. The Morgan fingerprint density at radius 1 is 1.50 bits per heavy atom. The normalized spacial score (nSPS) is 9.75. The van der Waals surface area contributed by atoms with Crippen molar-refractivity contribution in [3.63, 3.8) is 0 Å². The van der Waals surface area contributed by atoms with E-state index < -0.39 is 0 Å². The van der Waals surface area contributed by atoms with Crippen molar-refractivity contribution in [1.29, 1.82) is 0 Å². The highest BCUT2D eigenvalue weighted by molar-refractivity contribution is 8.01. The molecule has 0 aliphatic rings. The van der Waals surface area contributed by atoms with Gasteiger partial charge < -0.3 is 0 Å². The Bertz CT molecular complexity index is 291. The zero-order valence-electron chi connectivity index (χ0n) is 6.57. The molecule has 0 aliphatic heterocycles. The van der Waals surface area contributed by atoms with Crippen LogP contribution < -0.4 is 0 Å². The van der Waals surface area contributed by atoms with Gasteiger partial charge in [-0.2, -0.15) is 0 Å². The fourth-order valence-corrected chi connectivity index (χ4v) is 2.88. The maximum absolute atomic E-state index is 10.5. The molecule has 0 amide bonds. The Labute approximate surface area is 79.0 Å². The van der Waals surface area contributed by atoms with Crippen molar-refractivity contribution in [3.8, 4) is 0 Å². The van der Waals surface area contributed by atoms with E-state index >= 15 is 0 Å². The minimum absolute atomic E-state index is 0.619. The van der Waals surface area contributed by atoms with E-state index in [2.05, 4.69) is 0 Å². The van der Waals surface area contributed by atoms with E-state index in [4.69, 9.17) is 0 Å². The number of carbonyl (C=O) groups excluding carboxylic acids is 2. The Morgan fingerprint density at radius 3 is 2.75 bits per heavy atom. The second kappa shape index (κ2) is 4.42. The van der Waals surface area contributed by atoms with Crippen molar-refractivity contribution in [2.24, 2.45) is 0 Å². The van der Waals surface area contributed by atoms with E-state index in [9.17, 15) is 9.59 Å². The molecule has 1 aromatic rings. The van der Waals surface area contributed by atoms with Gasteiger partial charge in [-0.1, -0.05) is 6.92 Å². The summed E-state index contributed by atoms with van der Waals surface area (Å²) in [5, 5.41) is 0. The molecule has 0 bridgehead atoms. The molecule has 0 fully saturated rings. The van der Waals surface area contributed by atoms with Gasteiger partial charge >= 0.3 is 0 Å². The lowest BCUT2D eigenvalue weighted by molar-refractivity contribution is 0.112. The standard InChI is InChI=1S/C8H8O2S2/c1-2-11-8-6(4-9)3-7(5-10)12-8/h3-5H,2H2,1H3. The van der Waals surface area contributed by atoms with Crippen LogP contribution >= 0.6 is 23.1 Å². The summed E-state index contributed by atoms with van der Waals surface area (Å²) in [4.78, 5) is 21.5. The highest BCUT2D eigenvalue weighted by Crippen LogP contribution is 2.30. The zero-order chi connectivity index (χ0) is 8.97. The smallest absolute Gasteiger partial charge is 0.160 e. The van der Waals surface area contributed by atoms with Gasteiger partial charge in [0, 0.05) is 5.56 Å². The van der Waals surface area contributed by atoms with Gasteiger partial charge in [0.05, 0.1) is 9.09 Å². The molecule has 0 unspecified atom stereocenters. The van der Waals surface area contributed by atoms with Crippen molar-refractivity contribution in [2.45, 2.75) is 11.1 Å². The lowest BCUT2D eigenvalue weighted by atomic mass is 10.3. The molecule has 0 N–H and O–H groups in total. The Kier molecular flexibility index (Phi) is 3.49. The van der Waals surface area contributed by atoms with Gasteiger partial charge in [0.25, 0.3) is 0 Å². The molecule has 2 nitrogen and oxygen atoms in total. The van der Waals surface area contributed by atoms with Gasteiger partial charge in [0.1, 0.15) is 0 Å². The molecule has 4 heteroatoms. The Balaban J connectivity index is 2.98. The number of thioether (sulfide) groups is 1. The fraction of sp³-hybridized carbons (Fsp3) is 0.250. The minimum Gasteiger partial charge on any atom is -0.298 e. The van der Waals surface area contributed by atoms with Gasteiger partial charge in [-0.25, -0.2) is 0 Å². The van der Waals surface area contributed by atoms with Crippen LogP contribution in [0.1, 0.15) is 27.0 Å². The van der Waals surface area contributed by atoms with E-state index in [0.717, 1.165) is 22.5 Å². The number of hydrogen-bond acceptors (Lipinski definition) is 4. The molecule has 0 saturated heterocycles. The van der Waals surface area contributed by atoms with Crippen molar-refractivity contribution in [3.05, 3.63) is 16.5 Å². The minimum atomic E-state index is 0.619. The number of thiophene rings is 1. The summed E-state index contributed by atoms with van der Waals surface area (Å²) >= 11 is 2.96. The Morgan fingerprint density at radius 2 is 2.25 bits per heavy atom. The quantitative estimate of drug-likeness (QED) is 0.553. The van der Waals surface area contributed by atoms with Gasteiger partial charge in [-0.15, -0.1) is 23.1 Å². The summed E-state index contributed by atoms with van der Waals surface area (Å²) in [5.74, 6) is 0.916. The average molecular weight is 200 g/mol. The number of aldehydes is 2. The summed E-state index contributed by atoms with van der Waals surface area (Å²) < 4.78 is 0.939. The zero-order valence-corrected chi connectivity index (χ0v) is 8.21. The monoisotopic (exact) mass is 200 g/mol. The third kappa shape index (κ3) is 1.95. The highest BCUT2D eigenvalue weighted by atomic mass is 32.2. The highest BCUT2D eigenvalue weighted by Gasteiger charge is 2.06. The summed E-state index contributed by atoms with van der Waals surface area (Å²) in [7, 11) is 0. The lowest BCUT2D eigenvalue weighted by Crippen LogP contribution is -1.76. The van der Waals surface area contributed by atoms with Crippen LogP contribution in [0.5, 0.6) is 0 Å². The molecule has 0 spiro atoms. The van der Waals surface area contributed by atoms with Crippen LogP contribution in [0, 0.1) is 0 Å². The summed E-state index contributed by atoms with van der Waals surface area (Å²) in [6.07, 6.45) is 1.57. The van der Waals surface area contributed by atoms with Crippen LogP contribution in [0.15, 0.2) is 10.3 Å². The van der Waals surface area contributed by atoms with Gasteiger partial charge in [-0.05, 0) is 11.8 Å². The predicted molar refractivity (Wildman–Crippen MR) is 51.5 cm³/mol. The summed E-state index contributed by atoms with van der Waals surface area (Å²) in [6.45, 7) is 2.01. The van der Waals surface area contributed by atoms with Crippen LogP contribution in [0.4, 0.5) is 0 Å². The third-order valence-electron chi connectivity index (χ3n) is 1.26. The number of rotatable bonds is 4. The maximum Gasteiger partial charge on any atom is 0.160 e. The van der Waals surface area contributed by atoms with Crippen molar-refractivity contribution >= 4 is 35.7 Å². The summed E-state index contributed by atoms with van der Waals surface area (Å²) in [5.41, 5.74) is 0.633. The molecular weight excluding hydrogens is 192 g/mol. The maximum atomic E-state index is 10.5. The first kappa shape index (κ1) is 9.48. The van der Waals surface area contributed by atoms with Crippen LogP contribution in [0.2, 0.25) is 0 Å². The Hall–Kier alpha value is -0.610. The van der Waals surface area contributed by atoms with Crippen LogP contribution in [0.25, 0.3) is 0 Å². The number of carbonyl (C=O) groups is 2. The molecule has 0 atom stereocenters. The third-order valence-corrected chi connectivity index (χ3v) is 3.52. The number of hydrogen-bond donors (Lipinski definition) is 0. The first-order chi connectivity index (χ1) is 5.81. The average Bonchev–Trinajstić information content (AvgIpc) is 2.48. The van der Waals surface area contributed by atoms with E-state index in [-0.39, 0.29) is 0 Å². The van der Waals surface area contributed by atoms with Gasteiger partial charge in [0.15, 0.2) is 12.6 Å². The predicted octanol–water partition coefficient (Wildman–Crippen LogP) is 2.49. The SMILES string of the molecule is CCSc1sc(C=O)cc1C=O. The molecule has 12 heavy (non-hydrogen) atoms. The van der Waals surface area contributed by atoms with E-state index in [1.165, 1.54) is 11.3 Å². The molecule has 0 aromatic carbocycles. The molecular formula is C8H8O2S2. The van der Waals surface area contributed by atoms with Crippen molar-refractivity contribution in [1.82, 2.24) is 0 Å². The van der Waals surface area contributed by atoms with Crippen LogP contribution in [-0.4, -0.2) is 18.3 Å². The first-order valence-electron chi connectivity index (χ1n) is 3.48. The van der Waals surface area contributed by atoms with Crippen LogP contribution in [-0.2, 0) is 0 Å². The fourth-order valence-electron chi connectivity index (χ4n) is 0.792. The van der Waals surface area contributed by atoms with Crippen molar-refractivity contribution in [2.75, 3.05) is 5.75 Å². The molecule has 0 radical (unpaired) electrons. The van der Waals surface area contributed by atoms with Gasteiger partial charge in [-0.3, -0.25) is 9.59 Å². The second-order valence-electron chi connectivity index (χ2n) is 2.06. The van der Waals surface area contributed by atoms with E-state index in [1.54, 1.807) is 17.8 Å². The molecule has 1 rings (SSSR count). The van der Waals surface area contributed by atoms with Crippen LogP contribution in [0.3, 0.4) is 0 Å². The molecule has 64 valence electrons. The largest absolute Gasteiger partial charge is 0.298 e. The molecule has 1 heterocycles. The molecule has 0 aliphatic carbocycles. The van der Waals surface area contributed by atoms with Crippen molar-refractivity contribution < 1.29 is 9.59 Å². The van der Waals surface area contributed by atoms with Gasteiger partial charge in [0.2, 0.25) is 0 Å². The molecule has 1 aromatic heterocycles.